The maximum absolute atomic E-state index is 12.7. The maximum atomic E-state index is 12.7. The van der Waals surface area contributed by atoms with Gasteiger partial charge in [-0.25, -0.2) is 4.79 Å². The van der Waals surface area contributed by atoms with Crippen molar-refractivity contribution in [2.45, 2.75) is 59.1 Å². The first-order valence-corrected chi connectivity index (χ1v) is 9.66. The minimum atomic E-state index is -0.774. The summed E-state index contributed by atoms with van der Waals surface area (Å²) in [6.45, 7) is 7.54. The highest BCUT2D eigenvalue weighted by Crippen LogP contribution is 2.19. The Bertz CT molecular complexity index is 783. The van der Waals surface area contributed by atoms with Crippen LogP contribution in [0.4, 0.5) is 0 Å². The van der Waals surface area contributed by atoms with E-state index in [0.717, 1.165) is 55.9 Å². The molecule has 0 unspecified atom stereocenters. The molecule has 2 aromatic rings. The second-order valence-electron chi connectivity index (χ2n) is 7.24. The van der Waals surface area contributed by atoms with E-state index in [1.54, 1.807) is 13.2 Å². The SMILES string of the molecule is Cc1cc(C(=O)O[C@H](C)C(=O)N2CCCCCC2)c(C)n1Cc1ccco1. The average molecular weight is 372 g/mol. The first kappa shape index (κ1) is 19.3. The Morgan fingerprint density at radius 3 is 2.52 bits per heavy atom. The van der Waals surface area contributed by atoms with E-state index in [-0.39, 0.29) is 5.91 Å². The topological polar surface area (TPSA) is 64.7 Å². The fourth-order valence-electron chi connectivity index (χ4n) is 3.63. The van der Waals surface area contributed by atoms with Crippen molar-refractivity contribution in [1.29, 1.82) is 0 Å². The van der Waals surface area contributed by atoms with Gasteiger partial charge in [-0.05, 0) is 51.8 Å². The van der Waals surface area contributed by atoms with Gasteiger partial charge in [0.25, 0.3) is 5.91 Å². The molecule has 1 atom stereocenters. The Morgan fingerprint density at radius 1 is 1.19 bits per heavy atom. The molecule has 0 saturated carbocycles. The van der Waals surface area contributed by atoms with Gasteiger partial charge in [-0.1, -0.05) is 12.8 Å². The van der Waals surface area contributed by atoms with E-state index in [2.05, 4.69) is 0 Å². The lowest BCUT2D eigenvalue weighted by Gasteiger charge is -2.24. The molecule has 1 fully saturated rings. The smallest absolute Gasteiger partial charge is 0.340 e. The summed E-state index contributed by atoms with van der Waals surface area (Å²) in [6.07, 6.45) is 5.19. The summed E-state index contributed by atoms with van der Waals surface area (Å²) in [5.74, 6) is 0.264. The molecule has 0 radical (unpaired) electrons. The number of hydrogen-bond acceptors (Lipinski definition) is 4. The summed E-state index contributed by atoms with van der Waals surface area (Å²) in [4.78, 5) is 27.1. The number of likely N-dealkylation sites (tertiary alicyclic amines) is 1. The Kier molecular flexibility index (Phi) is 6.04. The highest BCUT2D eigenvalue weighted by molar-refractivity contribution is 5.93. The van der Waals surface area contributed by atoms with Crippen molar-refractivity contribution in [2.24, 2.45) is 0 Å². The van der Waals surface area contributed by atoms with Crippen molar-refractivity contribution in [3.63, 3.8) is 0 Å². The lowest BCUT2D eigenvalue weighted by Crippen LogP contribution is -2.40. The van der Waals surface area contributed by atoms with E-state index in [1.165, 1.54) is 0 Å². The number of carbonyl (C=O) groups excluding carboxylic acids is 2. The molecule has 0 N–H and O–H groups in total. The zero-order valence-electron chi connectivity index (χ0n) is 16.4. The van der Waals surface area contributed by atoms with Crippen LogP contribution in [0.1, 0.15) is 60.1 Å². The van der Waals surface area contributed by atoms with E-state index in [0.29, 0.717) is 12.1 Å². The van der Waals surface area contributed by atoms with E-state index >= 15 is 0 Å². The number of amides is 1. The molecule has 27 heavy (non-hydrogen) atoms. The van der Waals surface area contributed by atoms with Crippen molar-refractivity contribution in [2.75, 3.05) is 13.1 Å². The molecule has 3 heterocycles. The summed E-state index contributed by atoms with van der Waals surface area (Å²) < 4.78 is 12.9. The van der Waals surface area contributed by atoms with Crippen LogP contribution in [0.2, 0.25) is 0 Å². The Balaban J connectivity index is 1.67. The summed E-state index contributed by atoms with van der Waals surface area (Å²) in [5, 5.41) is 0. The third-order valence-corrected chi connectivity index (χ3v) is 5.24. The molecule has 1 aliphatic heterocycles. The van der Waals surface area contributed by atoms with Gasteiger partial charge in [0.1, 0.15) is 5.76 Å². The van der Waals surface area contributed by atoms with Gasteiger partial charge in [0.2, 0.25) is 0 Å². The van der Waals surface area contributed by atoms with Crippen molar-refractivity contribution in [3.05, 3.63) is 47.2 Å². The van der Waals surface area contributed by atoms with Crippen molar-refractivity contribution in [1.82, 2.24) is 9.47 Å². The highest BCUT2D eigenvalue weighted by Gasteiger charge is 2.26. The summed E-state index contributed by atoms with van der Waals surface area (Å²) >= 11 is 0. The fraction of sp³-hybridized carbons (Fsp3) is 0.524. The van der Waals surface area contributed by atoms with Gasteiger partial charge < -0.3 is 18.6 Å². The summed E-state index contributed by atoms with van der Waals surface area (Å²) in [5.41, 5.74) is 2.25. The maximum Gasteiger partial charge on any atom is 0.340 e. The number of aromatic nitrogens is 1. The minimum absolute atomic E-state index is 0.102. The van der Waals surface area contributed by atoms with Crippen LogP contribution in [0.3, 0.4) is 0 Å². The van der Waals surface area contributed by atoms with Gasteiger partial charge in [0.05, 0.1) is 18.4 Å². The minimum Gasteiger partial charge on any atom is -0.467 e. The number of hydrogen-bond donors (Lipinski definition) is 0. The Labute approximate surface area is 160 Å². The largest absolute Gasteiger partial charge is 0.467 e. The van der Waals surface area contributed by atoms with Crippen molar-refractivity contribution >= 4 is 11.9 Å². The van der Waals surface area contributed by atoms with Crippen LogP contribution in [0.5, 0.6) is 0 Å². The molecule has 1 saturated heterocycles. The lowest BCUT2D eigenvalue weighted by molar-refractivity contribution is -0.139. The number of esters is 1. The van der Waals surface area contributed by atoms with Gasteiger partial charge in [-0.15, -0.1) is 0 Å². The van der Waals surface area contributed by atoms with Crippen molar-refractivity contribution in [3.8, 4) is 0 Å². The number of furan rings is 1. The van der Waals surface area contributed by atoms with Crippen LogP contribution in [0, 0.1) is 13.8 Å². The average Bonchev–Trinajstić information content (AvgIpc) is 3.15. The second-order valence-corrected chi connectivity index (χ2v) is 7.24. The Morgan fingerprint density at radius 2 is 1.89 bits per heavy atom. The van der Waals surface area contributed by atoms with Crippen molar-refractivity contribution < 1.29 is 18.7 Å². The standard InChI is InChI=1S/C21H28N2O4/c1-15-13-19(16(2)23(15)14-18-9-8-12-26-18)21(25)27-17(3)20(24)22-10-6-4-5-7-11-22/h8-9,12-13,17H,4-7,10-11,14H2,1-3H3/t17-/m1/s1. The first-order chi connectivity index (χ1) is 13.0. The van der Waals surface area contributed by atoms with Crippen LogP contribution >= 0.6 is 0 Å². The van der Waals surface area contributed by atoms with Gasteiger partial charge in [-0.2, -0.15) is 0 Å². The molecule has 1 amide bonds. The number of carbonyl (C=O) groups is 2. The predicted octanol–water partition coefficient (Wildman–Crippen LogP) is 3.69. The molecule has 1 aliphatic rings. The van der Waals surface area contributed by atoms with Crippen LogP contribution in [-0.2, 0) is 16.1 Å². The van der Waals surface area contributed by atoms with E-state index in [4.69, 9.17) is 9.15 Å². The normalized spacial score (nSPS) is 16.0. The molecular weight excluding hydrogens is 344 g/mol. The fourth-order valence-corrected chi connectivity index (χ4v) is 3.63. The van der Waals surface area contributed by atoms with E-state index in [1.807, 2.05) is 41.5 Å². The molecule has 2 aromatic heterocycles. The lowest BCUT2D eigenvalue weighted by atomic mass is 10.2. The predicted molar refractivity (Wildman–Crippen MR) is 102 cm³/mol. The highest BCUT2D eigenvalue weighted by atomic mass is 16.5. The molecule has 146 valence electrons. The zero-order chi connectivity index (χ0) is 19.4. The molecule has 0 spiro atoms. The number of nitrogens with zero attached hydrogens (tertiary/aromatic N) is 2. The second kappa shape index (κ2) is 8.46. The molecule has 0 aliphatic carbocycles. The molecule has 3 rings (SSSR count). The Hall–Kier alpha value is -2.50. The molecule has 0 bridgehead atoms. The zero-order valence-corrected chi connectivity index (χ0v) is 16.4. The third-order valence-electron chi connectivity index (χ3n) is 5.24. The van der Waals surface area contributed by atoms with Crippen LogP contribution < -0.4 is 0 Å². The van der Waals surface area contributed by atoms with Gasteiger partial charge in [-0.3, -0.25) is 4.79 Å². The molecular formula is C21H28N2O4. The van der Waals surface area contributed by atoms with E-state index in [9.17, 15) is 9.59 Å². The third kappa shape index (κ3) is 4.43. The number of aryl methyl sites for hydroxylation is 1. The van der Waals surface area contributed by atoms with Crippen LogP contribution in [-0.4, -0.2) is 40.5 Å². The van der Waals surface area contributed by atoms with Gasteiger partial charge in [0, 0.05) is 24.5 Å². The van der Waals surface area contributed by atoms with Gasteiger partial charge >= 0.3 is 5.97 Å². The number of ether oxygens (including phenoxy) is 1. The number of rotatable bonds is 5. The summed E-state index contributed by atoms with van der Waals surface area (Å²) in [6, 6.07) is 5.55. The van der Waals surface area contributed by atoms with Crippen LogP contribution in [0.25, 0.3) is 0 Å². The monoisotopic (exact) mass is 372 g/mol. The van der Waals surface area contributed by atoms with E-state index < -0.39 is 12.1 Å². The molecule has 6 heteroatoms. The molecule has 6 nitrogen and oxygen atoms in total. The van der Waals surface area contributed by atoms with Gasteiger partial charge in [0.15, 0.2) is 6.10 Å². The molecule has 0 aromatic carbocycles. The first-order valence-electron chi connectivity index (χ1n) is 9.66. The quantitative estimate of drug-likeness (QED) is 0.751. The summed E-state index contributed by atoms with van der Waals surface area (Å²) in [7, 11) is 0. The van der Waals surface area contributed by atoms with Crippen LogP contribution in [0.15, 0.2) is 28.9 Å².